The van der Waals surface area contributed by atoms with Gasteiger partial charge in [-0.3, -0.25) is 9.82 Å². The van der Waals surface area contributed by atoms with Crippen LogP contribution < -0.4 is 9.62 Å². The first kappa shape index (κ1) is 15.7. The Bertz CT molecular complexity index is 761. The van der Waals surface area contributed by atoms with E-state index in [0.717, 1.165) is 13.1 Å². The molecule has 2 N–H and O–H groups in total. The normalized spacial score (nSPS) is 15.7. The van der Waals surface area contributed by atoms with Crippen LogP contribution in [0.1, 0.15) is 11.4 Å². The Morgan fingerprint density at radius 3 is 2.52 bits per heavy atom. The molecule has 0 aliphatic carbocycles. The van der Waals surface area contributed by atoms with Gasteiger partial charge < -0.3 is 9.64 Å². The monoisotopic (exact) mass is 338 g/mol. The van der Waals surface area contributed by atoms with Crippen LogP contribution in [0.25, 0.3) is 0 Å². The molecule has 10 heteroatoms. The number of ether oxygens (including phenoxy) is 1. The molecule has 2 aromatic rings. The number of hydrogen-bond acceptors (Lipinski definition) is 7. The minimum atomic E-state index is -3.75. The summed E-state index contributed by atoms with van der Waals surface area (Å²) < 4.78 is 32.6. The minimum absolute atomic E-state index is 0.136. The van der Waals surface area contributed by atoms with Crippen LogP contribution in [0.3, 0.4) is 0 Å². The quantitative estimate of drug-likeness (QED) is 0.832. The highest BCUT2D eigenvalue weighted by Crippen LogP contribution is 2.20. The van der Waals surface area contributed by atoms with Gasteiger partial charge in [0.2, 0.25) is 0 Å². The molecule has 0 bridgehead atoms. The van der Waals surface area contributed by atoms with Crippen molar-refractivity contribution in [1.29, 1.82) is 0 Å². The molecule has 1 aliphatic heterocycles. The van der Waals surface area contributed by atoms with Crippen LogP contribution in [-0.2, 0) is 14.8 Å². The Morgan fingerprint density at radius 2 is 1.96 bits per heavy atom. The molecule has 1 fully saturated rings. The number of aromatic amines is 1. The van der Waals surface area contributed by atoms with Crippen LogP contribution in [0.5, 0.6) is 0 Å². The van der Waals surface area contributed by atoms with Crippen LogP contribution in [0.4, 0.5) is 11.6 Å². The fourth-order valence-electron chi connectivity index (χ4n) is 2.47. The van der Waals surface area contributed by atoms with Gasteiger partial charge in [-0.25, -0.2) is 8.42 Å². The maximum Gasteiger partial charge on any atom is 0.266 e. The number of sulfonamides is 1. The molecule has 3 rings (SSSR count). The summed E-state index contributed by atoms with van der Waals surface area (Å²) >= 11 is 0. The van der Waals surface area contributed by atoms with Crippen molar-refractivity contribution < 1.29 is 13.2 Å². The number of morpholine rings is 1. The van der Waals surface area contributed by atoms with Crippen molar-refractivity contribution >= 4 is 21.7 Å². The molecule has 3 heterocycles. The molecule has 0 amide bonds. The van der Waals surface area contributed by atoms with Crippen molar-refractivity contribution in [2.45, 2.75) is 18.7 Å². The number of rotatable bonds is 4. The summed E-state index contributed by atoms with van der Waals surface area (Å²) in [5.74, 6) is 0.869. The number of anilines is 2. The maximum absolute atomic E-state index is 12.4. The molecule has 0 unspecified atom stereocenters. The van der Waals surface area contributed by atoms with Gasteiger partial charge in [0.25, 0.3) is 10.0 Å². The van der Waals surface area contributed by atoms with Gasteiger partial charge in [-0.15, -0.1) is 10.2 Å². The van der Waals surface area contributed by atoms with E-state index in [9.17, 15) is 8.42 Å². The molecular weight excluding hydrogens is 320 g/mol. The highest BCUT2D eigenvalue weighted by Gasteiger charge is 2.23. The zero-order valence-corrected chi connectivity index (χ0v) is 13.7. The molecular formula is C13H18N6O3S. The topological polar surface area (TPSA) is 113 Å². The van der Waals surface area contributed by atoms with E-state index in [1.54, 1.807) is 26.0 Å². The third kappa shape index (κ3) is 3.27. The van der Waals surface area contributed by atoms with E-state index in [0.29, 0.717) is 30.4 Å². The van der Waals surface area contributed by atoms with Gasteiger partial charge in [0, 0.05) is 13.1 Å². The lowest BCUT2D eigenvalue weighted by Crippen LogP contribution is -2.36. The van der Waals surface area contributed by atoms with Crippen LogP contribution in [0, 0.1) is 13.8 Å². The van der Waals surface area contributed by atoms with Gasteiger partial charge in [-0.2, -0.15) is 5.10 Å². The second kappa shape index (κ2) is 6.13. The predicted molar refractivity (Wildman–Crippen MR) is 83.9 cm³/mol. The van der Waals surface area contributed by atoms with Gasteiger partial charge in [-0.05, 0) is 26.0 Å². The maximum atomic E-state index is 12.4. The molecule has 9 nitrogen and oxygen atoms in total. The number of H-pyrrole nitrogens is 1. The fourth-order valence-corrected chi connectivity index (χ4v) is 3.84. The summed E-state index contributed by atoms with van der Waals surface area (Å²) in [6.45, 7) is 6.07. The zero-order valence-electron chi connectivity index (χ0n) is 12.9. The number of nitrogens with zero attached hydrogens (tertiary/aromatic N) is 4. The first-order valence-corrected chi connectivity index (χ1v) is 8.66. The molecule has 0 spiro atoms. The highest BCUT2D eigenvalue weighted by atomic mass is 32.2. The average molecular weight is 338 g/mol. The summed E-state index contributed by atoms with van der Waals surface area (Å²) in [7, 11) is -3.75. The molecule has 0 radical (unpaired) electrons. The van der Waals surface area contributed by atoms with Crippen molar-refractivity contribution in [1.82, 2.24) is 20.4 Å². The van der Waals surface area contributed by atoms with E-state index in [2.05, 4.69) is 25.1 Å². The largest absolute Gasteiger partial charge is 0.378 e. The Balaban J connectivity index is 1.78. The molecule has 1 aliphatic rings. The van der Waals surface area contributed by atoms with E-state index in [1.807, 2.05) is 4.90 Å². The summed E-state index contributed by atoms with van der Waals surface area (Å²) in [6.07, 6.45) is 0. The Labute approximate surface area is 134 Å². The lowest BCUT2D eigenvalue weighted by Gasteiger charge is -2.27. The number of aromatic nitrogens is 4. The van der Waals surface area contributed by atoms with E-state index in [4.69, 9.17) is 4.74 Å². The van der Waals surface area contributed by atoms with Crippen molar-refractivity contribution in [3.05, 3.63) is 23.5 Å². The van der Waals surface area contributed by atoms with Crippen molar-refractivity contribution in [3.8, 4) is 0 Å². The van der Waals surface area contributed by atoms with E-state index >= 15 is 0 Å². The van der Waals surface area contributed by atoms with E-state index in [-0.39, 0.29) is 10.7 Å². The van der Waals surface area contributed by atoms with Crippen LogP contribution in [-0.4, -0.2) is 55.1 Å². The van der Waals surface area contributed by atoms with Crippen molar-refractivity contribution in [2.75, 3.05) is 35.9 Å². The lowest BCUT2D eigenvalue weighted by atomic mass is 10.4. The predicted octanol–water partition coefficient (Wildman–Crippen LogP) is 0.454. The Kier molecular flexibility index (Phi) is 4.18. The van der Waals surface area contributed by atoms with Crippen LogP contribution >= 0.6 is 0 Å². The van der Waals surface area contributed by atoms with Crippen molar-refractivity contribution in [2.24, 2.45) is 0 Å². The van der Waals surface area contributed by atoms with Crippen LogP contribution in [0.2, 0.25) is 0 Å². The zero-order chi connectivity index (χ0) is 16.4. The first-order chi connectivity index (χ1) is 11.0. The van der Waals surface area contributed by atoms with Gasteiger partial charge in [-0.1, -0.05) is 0 Å². The number of aryl methyl sites for hydroxylation is 2. The summed E-state index contributed by atoms with van der Waals surface area (Å²) in [6, 6.07) is 3.34. The summed E-state index contributed by atoms with van der Waals surface area (Å²) in [5.41, 5.74) is 0.890. The van der Waals surface area contributed by atoms with Gasteiger partial charge in [0.15, 0.2) is 11.6 Å². The molecule has 0 atom stereocenters. The standard InChI is InChI=1S/C13H18N6O3S/c1-9-13(10(2)15-14-9)23(20,21)18-11-3-4-12(17-16-11)19-5-7-22-8-6-19/h3-4H,5-8H2,1-2H3,(H,14,15)(H,16,18). The Morgan fingerprint density at radius 1 is 1.22 bits per heavy atom. The van der Waals surface area contributed by atoms with Gasteiger partial charge >= 0.3 is 0 Å². The third-order valence-electron chi connectivity index (χ3n) is 3.55. The molecule has 0 saturated carbocycles. The molecule has 124 valence electrons. The minimum Gasteiger partial charge on any atom is -0.378 e. The van der Waals surface area contributed by atoms with E-state index < -0.39 is 10.0 Å². The second-order valence-electron chi connectivity index (χ2n) is 5.24. The molecule has 1 saturated heterocycles. The second-order valence-corrected chi connectivity index (χ2v) is 6.86. The highest BCUT2D eigenvalue weighted by molar-refractivity contribution is 7.92. The van der Waals surface area contributed by atoms with E-state index in [1.165, 1.54) is 0 Å². The molecule has 23 heavy (non-hydrogen) atoms. The van der Waals surface area contributed by atoms with Gasteiger partial charge in [0.05, 0.1) is 24.6 Å². The van der Waals surface area contributed by atoms with Crippen molar-refractivity contribution in [3.63, 3.8) is 0 Å². The first-order valence-electron chi connectivity index (χ1n) is 7.18. The summed E-state index contributed by atoms with van der Waals surface area (Å²) in [5, 5.41) is 14.6. The number of hydrogen-bond donors (Lipinski definition) is 2. The third-order valence-corrected chi connectivity index (χ3v) is 5.17. The van der Waals surface area contributed by atoms with Crippen LogP contribution in [0.15, 0.2) is 17.0 Å². The van der Waals surface area contributed by atoms with Gasteiger partial charge in [0.1, 0.15) is 4.90 Å². The SMILES string of the molecule is Cc1n[nH]c(C)c1S(=O)(=O)Nc1ccc(N2CCOCC2)nn1. The molecule has 0 aromatic carbocycles. The summed E-state index contributed by atoms with van der Waals surface area (Å²) in [4.78, 5) is 2.18. The fraction of sp³-hybridized carbons (Fsp3) is 0.462. The molecule has 2 aromatic heterocycles. The Hall–Kier alpha value is -2.20. The average Bonchev–Trinajstić information content (AvgIpc) is 2.88. The lowest BCUT2D eigenvalue weighted by molar-refractivity contribution is 0.122. The smallest absolute Gasteiger partial charge is 0.266 e. The number of nitrogens with one attached hydrogen (secondary N) is 2.